The van der Waals surface area contributed by atoms with Crippen molar-refractivity contribution in [3.63, 3.8) is 0 Å². The summed E-state index contributed by atoms with van der Waals surface area (Å²) in [6, 6.07) is 1.84. The minimum atomic E-state index is -3.47. The van der Waals surface area contributed by atoms with Gasteiger partial charge in [0.2, 0.25) is 0 Å². The summed E-state index contributed by atoms with van der Waals surface area (Å²) in [6.07, 6.45) is 5.81. The first-order chi connectivity index (χ1) is 9.46. The molecule has 1 fully saturated rings. The second-order valence-electron chi connectivity index (χ2n) is 5.48. The van der Waals surface area contributed by atoms with E-state index in [1.165, 1.54) is 10.9 Å². The largest absolute Gasteiger partial charge is 0.328 e. The predicted molar refractivity (Wildman–Crippen MR) is 77.6 cm³/mol. The smallest absolute Gasteiger partial charge is 0.260 e. The van der Waals surface area contributed by atoms with Gasteiger partial charge in [0.05, 0.1) is 6.20 Å². The van der Waals surface area contributed by atoms with Crippen molar-refractivity contribution in [2.24, 2.45) is 12.8 Å². The third-order valence-corrected chi connectivity index (χ3v) is 5.97. The second kappa shape index (κ2) is 6.24. The number of aromatic nitrogens is 2. The molecular formula is C13H24N4O2S. The van der Waals surface area contributed by atoms with Gasteiger partial charge in [0.15, 0.2) is 5.03 Å². The molecule has 6 nitrogen and oxygen atoms in total. The van der Waals surface area contributed by atoms with Gasteiger partial charge in [-0.2, -0.15) is 9.40 Å². The van der Waals surface area contributed by atoms with E-state index in [4.69, 9.17) is 5.73 Å². The molecular weight excluding hydrogens is 276 g/mol. The Bertz CT molecular complexity index is 532. The molecule has 0 atom stereocenters. The molecule has 0 unspecified atom stereocenters. The van der Waals surface area contributed by atoms with Crippen LogP contribution in [0.2, 0.25) is 0 Å². The SMILES string of the molecule is CCCN(C1CCC(N)CC1)S(=O)(=O)c1ccnn1C. The van der Waals surface area contributed by atoms with Crippen molar-refractivity contribution < 1.29 is 8.42 Å². The van der Waals surface area contributed by atoms with E-state index in [9.17, 15) is 8.42 Å². The Labute approximate surface area is 121 Å². The number of nitrogens with two attached hydrogens (primary N) is 1. The van der Waals surface area contributed by atoms with Crippen molar-refractivity contribution >= 4 is 10.0 Å². The maximum atomic E-state index is 12.8. The van der Waals surface area contributed by atoms with E-state index < -0.39 is 10.0 Å². The molecule has 1 aliphatic rings. The molecule has 7 heteroatoms. The van der Waals surface area contributed by atoms with Gasteiger partial charge in [-0.05, 0) is 38.2 Å². The van der Waals surface area contributed by atoms with Gasteiger partial charge in [0, 0.05) is 25.7 Å². The maximum absolute atomic E-state index is 12.8. The van der Waals surface area contributed by atoms with E-state index in [1.807, 2.05) is 6.92 Å². The maximum Gasteiger partial charge on any atom is 0.260 e. The minimum absolute atomic E-state index is 0.0645. The van der Waals surface area contributed by atoms with Gasteiger partial charge in [0.1, 0.15) is 0 Å². The van der Waals surface area contributed by atoms with Gasteiger partial charge in [-0.25, -0.2) is 8.42 Å². The summed E-state index contributed by atoms with van der Waals surface area (Å²) in [7, 11) is -1.81. The van der Waals surface area contributed by atoms with Crippen molar-refractivity contribution in [2.45, 2.75) is 56.1 Å². The molecule has 0 spiro atoms. The highest BCUT2D eigenvalue weighted by molar-refractivity contribution is 7.89. The standard InChI is InChI=1S/C13H24N4O2S/c1-3-10-17(12-6-4-11(14)5-7-12)20(18,19)13-8-9-15-16(13)2/h8-9,11-12H,3-7,10,14H2,1-2H3. The molecule has 2 N–H and O–H groups in total. The lowest BCUT2D eigenvalue weighted by Gasteiger charge is -2.34. The number of sulfonamides is 1. The van der Waals surface area contributed by atoms with Crippen molar-refractivity contribution in [3.8, 4) is 0 Å². The van der Waals surface area contributed by atoms with Crippen LogP contribution in [0.4, 0.5) is 0 Å². The van der Waals surface area contributed by atoms with Crippen LogP contribution in [0.25, 0.3) is 0 Å². The van der Waals surface area contributed by atoms with Gasteiger partial charge in [-0.3, -0.25) is 4.68 Å². The molecule has 1 aromatic rings. The summed E-state index contributed by atoms with van der Waals surface area (Å²) in [5.74, 6) is 0. The first-order valence-electron chi connectivity index (χ1n) is 7.22. The van der Waals surface area contributed by atoms with Gasteiger partial charge < -0.3 is 5.73 Å². The Kier molecular flexibility index (Phi) is 4.82. The van der Waals surface area contributed by atoms with Crippen LogP contribution in [0.15, 0.2) is 17.3 Å². The fourth-order valence-corrected chi connectivity index (χ4v) is 4.72. The van der Waals surface area contributed by atoms with Gasteiger partial charge in [-0.15, -0.1) is 0 Å². The zero-order valence-electron chi connectivity index (χ0n) is 12.2. The highest BCUT2D eigenvalue weighted by Gasteiger charge is 2.34. The number of nitrogens with zero attached hydrogens (tertiary/aromatic N) is 3. The Balaban J connectivity index is 2.26. The normalized spacial score (nSPS) is 24.2. The fourth-order valence-electron chi connectivity index (χ4n) is 2.84. The van der Waals surface area contributed by atoms with Gasteiger partial charge in [0.25, 0.3) is 10.0 Å². The van der Waals surface area contributed by atoms with E-state index >= 15 is 0 Å². The van der Waals surface area contributed by atoms with Crippen LogP contribution in [-0.2, 0) is 17.1 Å². The predicted octanol–water partition coefficient (Wildman–Crippen LogP) is 1.09. The Morgan fingerprint density at radius 1 is 1.40 bits per heavy atom. The lowest BCUT2D eigenvalue weighted by molar-refractivity contribution is 0.239. The van der Waals surface area contributed by atoms with Crippen molar-refractivity contribution in [1.29, 1.82) is 0 Å². The van der Waals surface area contributed by atoms with Crippen LogP contribution in [0.1, 0.15) is 39.0 Å². The molecule has 0 amide bonds. The quantitative estimate of drug-likeness (QED) is 0.882. The number of aryl methyl sites for hydroxylation is 1. The van der Waals surface area contributed by atoms with Crippen molar-refractivity contribution in [3.05, 3.63) is 12.3 Å². The molecule has 1 heterocycles. The molecule has 0 aromatic carbocycles. The average molecular weight is 300 g/mol. The summed E-state index contributed by atoms with van der Waals surface area (Å²) in [4.78, 5) is 0. The lowest BCUT2D eigenvalue weighted by atomic mass is 9.92. The molecule has 1 aromatic heterocycles. The number of hydrogen-bond acceptors (Lipinski definition) is 4. The Morgan fingerprint density at radius 3 is 2.55 bits per heavy atom. The molecule has 1 saturated carbocycles. The molecule has 1 aliphatic carbocycles. The molecule has 0 saturated heterocycles. The minimum Gasteiger partial charge on any atom is -0.328 e. The van der Waals surface area contributed by atoms with Crippen LogP contribution in [0.5, 0.6) is 0 Å². The highest BCUT2D eigenvalue weighted by atomic mass is 32.2. The highest BCUT2D eigenvalue weighted by Crippen LogP contribution is 2.27. The van der Waals surface area contributed by atoms with E-state index in [0.717, 1.165) is 32.1 Å². The summed E-state index contributed by atoms with van der Waals surface area (Å²) < 4.78 is 28.7. The van der Waals surface area contributed by atoms with E-state index in [2.05, 4.69) is 5.10 Å². The first kappa shape index (κ1) is 15.5. The fraction of sp³-hybridized carbons (Fsp3) is 0.769. The Morgan fingerprint density at radius 2 is 2.05 bits per heavy atom. The molecule has 0 radical (unpaired) electrons. The van der Waals surface area contributed by atoms with Crippen LogP contribution >= 0.6 is 0 Å². The summed E-state index contributed by atoms with van der Waals surface area (Å²) in [5.41, 5.74) is 5.92. The van der Waals surface area contributed by atoms with E-state index in [-0.39, 0.29) is 17.1 Å². The molecule has 114 valence electrons. The topological polar surface area (TPSA) is 81.2 Å². The Hall–Kier alpha value is -0.920. The summed E-state index contributed by atoms with van der Waals surface area (Å²) in [6.45, 7) is 2.55. The molecule has 0 bridgehead atoms. The second-order valence-corrected chi connectivity index (χ2v) is 7.31. The third-order valence-electron chi connectivity index (χ3n) is 3.94. The van der Waals surface area contributed by atoms with E-state index in [0.29, 0.717) is 6.54 Å². The lowest BCUT2D eigenvalue weighted by Crippen LogP contribution is -2.45. The van der Waals surface area contributed by atoms with Gasteiger partial charge in [-0.1, -0.05) is 6.92 Å². The number of hydrogen-bond donors (Lipinski definition) is 1. The van der Waals surface area contributed by atoms with Crippen LogP contribution in [0, 0.1) is 0 Å². The summed E-state index contributed by atoms with van der Waals surface area (Å²) in [5, 5.41) is 4.24. The monoisotopic (exact) mass is 300 g/mol. The summed E-state index contributed by atoms with van der Waals surface area (Å²) >= 11 is 0. The number of rotatable bonds is 5. The van der Waals surface area contributed by atoms with Crippen molar-refractivity contribution in [1.82, 2.24) is 14.1 Å². The average Bonchev–Trinajstić information content (AvgIpc) is 2.84. The molecule has 0 aliphatic heterocycles. The van der Waals surface area contributed by atoms with Gasteiger partial charge >= 0.3 is 0 Å². The van der Waals surface area contributed by atoms with E-state index in [1.54, 1.807) is 17.4 Å². The molecule has 2 rings (SSSR count). The van der Waals surface area contributed by atoms with Crippen LogP contribution in [-0.4, -0.2) is 41.1 Å². The molecule has 20 heavy (non-hydrogen) atoms. The zero-order valence-corrected chi connectivity index (χ0v) is 13.0. The third kappa shape index (κ3) is 3.05. The first-order valence-corrected chi connectivity index (χ1v) is 8.66. The zero-order chi connectivity index (χ0) is 14.8. The van der Waals surface area contributed by atoms with Crippen molar-refractivity contribution in [2.75, 3.05) is 6.54 Å². The van der Waals surface area contributed by atoms with Crippen LogP contribution in [0.3, 0.4) is 0 Å². The van der Waals surface area contributed by atoms with Crippen LogP contribution < -0.4 is 5.73 Å².